The lowest BCUT2D eigenvalue weighted by molar-refractivity contribution is -0.132. The van der Waals surface area contributed by atoms with Gasteiger partial charge in [0.25, 0.3) is 0 Å². The summed E-state index contributed by atoms with van der Waals surface area (Å²) in [7, 11) is 0. The summed E-state index contributed by atoms with van der Waals surface area (Å²) in [5.74, 6) is -1.45. The Labute approximate surface area is 131 Å². The maximum Gasteiger partial charge on any atom is 0.315 e. The molecule has 0 radical (unpaired) electrons. The van der Waals surface area contributed by atoms with E-state index in [0.717, 1.165) is 16.5 Å². The van der Waals surface area contributed by atoms with E-state index in [1.165, 1.54) is 11.3 Å². The van der Waals surface area contributed by atoms with Gasteiger partial charge in [-0.15, -0.1) is 11.3 Å². The predicted octanol–water partition coefficient (Wildman–Crippen LogP) is 3.18. The molecular weight excluding hydrogens is 298 g/mol. The second-order valence-corrected chi connectivity index (χ2v) is 5.59. The van der Waals surface area contributed by atoms with Crippen molar-refractivity contribution in [2.24, 2.45) is 0 Å². The van der Waals surface area contributed by atoms with Crippen LogP contribution < -0.4 is 10.6 Å². The van der Waals surface area contributed by atoms with Crippen molar-refractivity contribution in [1.82, 2.24) is 4.98 Å². The number of benzene rings is 2. The van der Waals surface area contributed by atoms with Crippen molar-refractivity contribution in [3.63, 3.8) is 0 Å². The zero-order valence-corrected chi connectivity index (χ0v) is 12.6. The van der Waals surface area contributed by atoms with Crippen LogP contribution in [0.4, 0.5) is 10.8 Å². The molecule has 0 aliphatic carbocycles. The first-order chi connectivity index (χ1) is 10.6. The molecule has 0 spiro atoms. The van der Waals surface area contributed by atoms with Crippen LogP contribution >= 0.6 is 11.3 Å². The average Bonchev–Trinajstić information content (AvgIpc) is 2.92. The number of hydrogen-bond acceptors (Lipinski definition) is 4. The fourth-order valence-electron chi connectivity index (χ4n) is 2.08. The van der Waals surface area contributed by atoms with Gasteiger partial charge in [-0.25, -0.2) is 4.98 Å². The third-order valence-corrected chi connectivity index (χ3v) is 3.96. The van der Waals surface area contributed by atoms with E-state index >= 15 is 0 Å². The van der Waals surface area contributed by atoms with Gasteiger partial charge >= 0.3 is 11.8 Å². The second kappa shape index (κ2) is 5.95. The smallest absolute Gasteiger partial charge is 0.315 e. The van der Waals surface area contributed by atoms with Crippen LogP contribution in [0.2, 0.25) is 0 Å². The number of aryl methyl sites for hydroxylation is 1. The first-order valence-corrected chi connectivity index (χ1v) is 7.53. The third-order valence-electron chi connectivity index (χ3n) is 3.08. The SMILES string of the molecule is Cc1csc(NC(=O)C(=O)Nc2cccc3ccccc23)n1. The zero-order valence-electron chi connectivity index (χ0n) is 11.8. The van der Waals surface area contributed by atoms with Crippen LogP contribution in [0.25, 0.3) is 10.8 Å². The van der Waals surface area contributed by atoms with E-state index < -0.39 is 11.8 Å². The van der Waals surface area contributed by atoms with Crippen LogP contribution in [-0.2, 0) is 9.59 Å². The van der Waals surface area contributed by atoms with Crippen LogP contribution in [0.15, 0.2) is 47.8 Å². The molecule has 2 amide bonds. The Morgan fingerprint density at radius 2 is 1.73 bits per heavy atom. The number of carbonyl (C=O) groups excluding carboxylic acids is 2. The number of nitrogens with one attached hydrogen (secondary N) is 2. The normalized spacial score (nSPS) is 10.4. The van der Waals surface area contributed by atoms with Crippen LogP contribution in [0.5, 0.6) is 0 Å². The Morgan fingerprint density at radius 3 is 2.50 bits per heavy atom. The van der Waals surface area contributed by atoms with Crippen LogP contribution in [0, 0.1) is 6.92 Å². The van der Waals surface area contributed by atoms with Crippen LogP contribution in [0.3, 0.4) is 0 Å². The molecule has 22 heavy (non-hydrogen) atoms. The van der Waals surface area contributed by atoms with Crippen LogP contribution in [0.1, 0.15) is 5.69 Å². The Bertz CT molecular complexity index is 852. The van der Waals surface area contributed by atoms with Crippen molar-refractivity contribution < 1.29 is 9.59 Å². The van der Waals surface area contributed by atoms with Crippen molar-refractivity contribution in [2.45, 2.75) is 6.92 Å². The van der Waals surface area contributed by atoms with E-state index in [9.17, 15) is 9.59 Å². The lowest BCUT2D eigenvalue weighted by atomic mass is 10.1. The van der Waals surface area contributed by atoms with E-state index in [-0.39, 0.29) is 0 Å². The molecule has 1 heterocycles. The fourth-order valence-corrected chi connectivity index (χ4v) is 2.76. The number of hydrogen-bond donors (Lipinski definition) is 2. The number of amides is 2. The molecule has 0 bridgehead atoms. The van der Waals surface area contributed by atoms with E-state index in [0.29, 0.717) is 10.8 Å². The largest absolute Gasteiger partial charge is 0.317 e. The number of thiazole rings is 1. The third kappa shape index (κ3) is 2.96. The van der Waals surface area contributed by atoms with Gasteiger partial charge in [0, 0.05) is 16.5 Å². The topological polar surface area (TPSA) is 71.1 Å². The molecule has 0 unspecified atom stereocenters. The van der Waals surface area contributed by atoms with Crippen molar-refractivity contribution in [2.75, 3.05) is 10.6 Å². The highest BCUT2D eigenvalue weighted by molar-refractivity contribution is 7.14. The molecule has 3 rings (SSSR count). The highest BCUT2D eigenvalue weighted by Gasteiger charge is 2.16. The minimum Gasteiger partial charge on any atom is -0.317 e. The standard InChI is InChI=1S/C16H13N3O2S/c1-10-9-22-16(17-10)19-15(21)14(20)18-13-8-4-6-11-5-2-3-7-12(11)13/h2-9H,1H3,(H,18,20)(H,17,19,21). The first kappa shape index (κ1) is 14.2. The number of nitrogens with zero attached hydrogens (tertiary/aromatic N) is 1. The van der Waals surface area contributed by atoms with Gasteiger partial charge in [-0.1, -0.05) is 36.4 Å². The number of rotatable bonds is 2. The van der Waals surface area contributed by atoms with Gasteiger partial charge in [-0.05, 0) is 18.4 Å². The first-order valence-electron chi connectivity index (χ1n) is 6.66. The summed E-state index contributed by atoms with van der Waals surface area (Å²) in [6, 6.07) is 13.2. The quantitative estimate of drug-likeness (QED) is 0.714. The molecule has 0 saturated heterocycles. The minimum atomic E-state index is -0.734. The van der Waals surface area contributed by atoms with Gasteiger partial charge in [-0.2, -0.15) is 0 Å². The maximum atomic E-state index is 12.0. The Kier molecular flexibility index (Phi) is 3.84. The lowest BCUT2D eigenvalue weighted by Crippen LogP contribution is -2.29. The molecule has 2 aromatic carbocycles. The lowest BCUT2D eigenvalue weighted by Gasteiger charge is -2.08. The van der Waals surface area contributed by atoms with Crippen molar-refractivity contribution in [3.8, 4) is 0 Å². The summed E-state index contributed by atoms with van der Waals surface area (Å²) in [6.07, 6.45) is 0. The molecule has 6 heteroatoms. The van der Waals surface area contributed by atoms with Gasteiger partial charge in [0.2, 0.25) is 0 Å². The zero-order chi connectivity index (χ0) is 15.5. The molecule has 0 aliphatic heterocycles. The number of anilines is 2. The van der Waals surface area contributed by atoms with Gasteiger partial charge in [0.15, 0.2) is 5.13 Å². The second-order valence-electron chi connectivity index (χ2n) is 4.73. The Morgan fingerprint density at radius 1 is 1.00 bits per heavy atom. The Hall–Kier alpha value is -2.73. The van der Waals surface area contributed by atoms with Crippen molar-refractivity contribution in [3.05, 3.63) is 53.5 Å². The summed E-state index contributed by atoms with van der Waals surface area (Å²) >= 11 is 1.28. The number of fused-ring (bicyclic) bond motifs is 1. The molecule has 3 aromatic rings. The highest BCUT2D eigenvalue weighted by Crippen LogP contribution is 2.23. The summed E-state index contributed by atoms with van der Waals surface area (Å²) in [5.41, 5.74) is 1.41. The summed E-state index contributed by atoms with van der Waals surface area (Å²) in [5, 5.41) is 9.22. The van der Waals surface area contributed by atoms with Gasteiger partial charge in [0.05, 0.1) is 5.69 Å². The molecule has 110 valence electrons. The summed E-state index contributed by atoms with van der Waals surface area (Å²) < 4.78 is 0. The molecule has 0 fully saturated rings. The summed E-state index contributed by atoms with van der Waals surface area (Å²) in [4.78, 5) is 28.0. The molecule has 5 nitrogen and oxygen atoms in total. The van der Waals surface area contributed by atoms with E-state index in [1.807, 2.05) is 43.3 Å². The monoisotopic (exact) mass is 311 g/mol. The van der Waals surface area contributed by atoms with E-state index in [2.05, 4.69) is 15.6 Å². The van der Waals surface area contributed by atoms with E-state index in [1.54, 1.807) is 11.4 Å². The average molecular weight is 311 g/mol. The molecule has 1 aromatic heterocycles. The molecule has 2 N–H and O–H groups in total. The number of aromatic nitrogens is 1. The maximum absolute atomic E-state index is 12.0. The molecular formula is C16H13N3O2S. The van der Waals surface area contributed by atoms with Crippen LogP contribution in [-0.4, -0.2) is 16.8 Å². The fraction of sp³-hybridized carbons (Fsp3) is 0.0625. The summed E-state index contributed by atoms with van der Waals surface area (Å²) in [6.45, 7) is 1.82. The highest BCUT2D eigenvalue weighted by atomic mass is 32.1. The van der Waals surface area contributed by atoms with E-state index in [4.69, 9.17) is 0 Å². The predicted molar refractivity (Wildman–Crippen MR) is 88.1 cm³/mol. The van der Waals surface area contributed by atoms with Crippen molar-refractivity contribution >= 4 is 44.7 Å². The Balaban J connectivity index is 1.76. The minimum absolute atomic E-state index is 0.413. The van der Waals surface area contributed by atoms with Crippen molar-refractivity contribution in [1.29, 1.82) is 0 Å². The number of carbonyl (C=O) groups is 2. The molecule has 0 aliphatic rings. The van der Waals surface area contributed by atoms with Gasteiger partial charge < -0.3 is 5.32 Å². The molecule has 0 saturated carbocycles. The molecule has 0 atom stereocenters. The van der Waals surface area contributed by atoms with Gasteiger partial charge in [0.1, 0.15) is 0 Å². The van der Waals surface area contributed by atoms with Gasteiger partial charge in [-0.3, -0.25) is 14.9 Å².